The summed E-state index contributed by atoms with van der Waals surface area (Å²) in [6, 6.07) is 3.11. The van der Waals surface area contributed by atoms with Crippen molar-refractivity contribution in [3.8, 4) is 0 Å². The van der Waals surface area contributed by atoms with Crippen molar-refractivity contribution in [2.45, 2.75) is 19.8 Å². The SMILES string of the molecule is C=CC(=O)OCCOCc1cc(COCCOC(=O)C=C)c([N+](=O)[O-])c(COCCOC(=O)C=C)c1. The molecule has 196 valence electrons. The van der Waals surface area contributed by atoms with Gasteiger partial charge >= 0.3 is 17.9 Å². The highest BCUT2D eigenvalue weighted by molar-refractivity contribution is 5.81. The first-order valence-electron chi connectivity index (χ1n) is 10.7. The van der Waals surface area contributed by atoms with Crippen molar-refractivity contribution in [1.29, 1.82) is 0 Å². The number of esters is 3. The second-order valence-electron chi connectivity index (χ2n) is 6.79. The molecule has 0 radical (unpaired) electrons. The molecule has 36 heavy (non-hydrogen) atoms. The summed E-state index contributed by atoms with van der Waals surface area (Å²) in [4.78, 5) is 44.6. The van der Waals surface area contributed by atoms with Crippen molar-refractivity contribution in [2.24, 2.45) is 0 Å². The Morgan fingerprint density at radius 1 is 0.694 bits per heavy atom. The van der Waals surface area contributed by atoms with Crippen LogP contribution in [0.3, 0.4) is 0 Å². The van der Waals surface area contributed by atoms with Crippen molar-refractivity contribution >= 4 is 23.6 Å². The van der Waals surface area contributed by atoms with Crippen LogP contribution in [0.15, 0.2) is 50.1 Å². The third-order valence-electron chi connectivity index (χ3n) is 4.21. The zero-order chi connectivity index (χ0) is 26.8. The summed E-state index contributed by atoms with van der Waals surface area (Å²) in [7, 11) is 0. The van der Waals surface area contributed by atoms with Gasteiger partial charge in [-0.3, -0.25) is 10.1 Å². The molecule has 12 nitrogen and oxygen atoms in total. The lowest BCUT2D eigenvalue weighted by molar-refractivity contribution is -0.387. The van der Waals surface area contributed by atoms with Crippen LogP contribution in [0.1, 0.15) is 16.7 Å². The maximum absolute atomic E-state index is 11.8. The molecule has 0 aliphatic rings. The number of hydrogen-bond acceptors (Lipinski definition) is 11. The highest BCUT2D eigenvalue weighted by atomic mass is 16.6. The standard InChI is InChI=1S/C24H29NO11/c1-4-21(26)34-10-7-31-15-18-13-19(16-32-8-11-35-22(27)5-2)24(25(29)30)20(14-18)17-33-9-12-36-23(28)6-3/h4-6,13-14H,1-3,7-12,15-17H2. The van der Waals surface area contributed by atoms with Gasteiger partial charge < -0.3 is 28.4 Å². The van der Waals surface area contributed by atoms with E-state index in [0.717, 1.165) is 18.2 Å². The predicted octanol–water partition coefficient (Wildman–Crippen LogP) is 2.33. The maximum atomic E-state index is 11.8. The number of nitro groups is 1. The Kier molecular flexibility index (Phi) is 14.7. The Labute approximate surface area is 208 Å². The van der Waals surface area contributed by atoms with E-state index in [1.165, 1.54) is 0 Å². The molecule has 0 unspecified atom stereocenters. The quantitative estimate of drug-likeness (QED) is 0.0678. The second-order valence-corrected chi connectivity index (χ2v) is 6.79. The van der Waals surface area contributed by atoms with E-state index in [1.807, 2.05) is 0 Å². The molecule has 0 aromatic heterocycles. The van der Waals surface area contributed by atoms with Crippen molar-refractivity contribution in [3.05, 3.63) is 76.9 Å². The van der Waals surface area contributed by atoms with E-state index in [4.69, 9.17) is 28.4 Å². The molecule has 1 rings (SSSR count). The molecule has 0 saturated heterocycles. The van der Waals surface area contributed by atoms with E-state index < -0.39 is 22.8 Å². The fraction of sp³-hybridized carbons (Fsp3) is 0.375. The summed E-state index contributed by atoms with van der Waals surface area (Å²) >= 11 is 0. The number of benzene rings is 1. The number of nitro benzene ring substituents is 1. The molecule has 0 aliphatic carbocycles. The second kappa shape index (κ2) is 17.5. The summed E-state index contributed by atoms with van der Waals surface area (Å²) in [5, 5.41) is 11.8. The van der Waals surface area contributed by atoms with Gasteiger partial charge in [0.1, 0.15) is 19.8 Å². The highest BCUT2D eigenvalue weighted by Gasteiger charge is 2.22. The number of carbonyl (C=O) groups is 3. The number of carbonyl (C=O) groups excluding carboxylic acids is 3. The van der Waals surface area contributed by atoms with Crippen molar-refractivity contribution in [1.82, 2.24) is 0 Å². The number of nitrogens with zero attached hydrogens (tertiary/aromatic N) is 1. The van der Waals surface area contributed by atoms with Crippen molar-refractivity contribution in [3.63, 3.8) is 0 Å². The zero-order valence-electron chi connectivity index (χ0n) is 19.8. The fourth-order valence-electron chi connectivity index (χ4n) is 2.70. The summed E-state index contributed by atoms with van der Waals surface area (Å²) in [5.41, 5.74) is 0.894. The molecule has 1 aromatic rings. The minimum absolute atomic E-state index is 0.00658. The van der Waals surface area contributed by atoms with Crippen LogP contribution in [0.4, 0.5) is 5.69 Å². The van der Waals surface area contributed by atoms with Crippen LogP contribution >= 0.6 is 0 Å². The summed E-state index contributed by atoms with van der Waals surface area (Å²) in [6.45, 7) is 9.66. The van der Waals surface area contributed by atoms with E-state index in [0.29, 0.717) is 5.56 Å². The molecule has 0 spiro atoms. The van der Waals surface area contributed by atoms with Crippen LogP contribution in [0, 0.1) is 10.1 Å². The normalized spacial score (nSPS) is 10.2. The van der Waals surface area contributed by atoms with E-state index in [9.17, 15) is 24.5 Å². The lowest BCUT2D eigenvalue weighted by atomic mass is 10.0. The minimum Gasteiger partial charge on any atom is -0.460 e. The Bertz CT molecular complexity index is 891. The first-order chi connectivity index (χ1) is 17.3. The predicted molar refractivity (Wildman–Crippen MR) is 126 cm³/mol. The maximum Gasteiger partial charge on any atom is 0.330 e. The van der Waals surface area contributed by atoms with Crippen LogP contribution in [0.5, 0.6) is 0 Å². The average molecular weight is 507 g/mol. The lowest BCUT2D eigenvalue weighted by Crippen LogP contribution is -2.12. The smallest absolute Gasteiger partial charge is 0.330 e. The number of rotatable bonds is 19. The van der Waals surface area contributed by atoms with E-state index in [-0.39, 0.29) is 76.3 Å². The fourth-order valence-corrected chi connectivity index (χ4v) is 2.70. The number of ether oxygens (including phenoxy) is 6. The molecular weight excluding hydrogens is 478 g/mol. The average Bonchev–Trinajstić information content (AvgIpc) is 2.87. The Morgan fingerprint density at radius 2 is 1.06 bits per heavy atom. The molecule has 0 N–H and O–H groups in total. The van der Waals surface area contributed by atoms with Gasteiger partial charge in [-0.25, -0.2) is 14.4 Å². The highest BCUT2D eigenvalue weighted by Crippen LogP contribution is 2.28. The van der Waals surface area contributed by atoms with Gasteiger partial charge in [0.05, 0.1) is 55.7 Å². The van der Waals surface area contributed by atoms with Crippen molar-refractivity contribution in [2.75, 3.05) is 39.6 Å². The third kappa shape index (κ3) is 12.0. The zero-order valence-corrected chi connectivity index (χ0v) is 19.8. The molecular formula is C24H29NO11. The monoisotopic (exact) mass is 507 g/mol. The number of hydrogen-bond donors (Lipinski definition) is 0. The van der Waals surface area contributed by atoms with Gasteiger partial charge in [0, 0.05) is 18.2 Å². The Morgan fingerprint density at radius 3 is 1.39 bits per heavy atom. The van der Waals surface area contributed by atoms with Gasteiger partial charge in [-0.15, -0.1) is 0 Å². The van der Waals surface area contributed by atoms with Crippen LogP contribution in [-0.4, -0.2) is 62.5 Å². The van der Waals surface area contributed by atoms with Gasteiger partial charge in [-0.2, -0.15) is 0 Å². The molecule has 0 saturated carbocycles. The van der Waals surface area contributed by atoms with Crippen molar-refractivity contribution < 1.29 is 47.7 Å². The molecule has 0 bridgehead atoms. The first-order valence-corrected chi connectivity index (χ1v) is 10.7. The van der Waals surface area contributed by atoms with Crippen LogP contribution in [-0.2, 0) is 62.6 Å². The molecule has 0 atom stereocenters. The minimum atomic E-state index is -0.610. The molecule has 0 amide bonds. The van der Waals surface area contributed by atoms with Crippen LogP contribution < -0.4 is 0 Å². The van der Waals surface area contributed by atoms with E-state index >= 15 is 0 Å². The van der Waals surface area contributed by atoms with Crippen LogP contribution in [0.2, 0.25) is 0 Å². The molecule has 12 heteroatoms. The molecule has 1 aromatic carbocycles. The Hall–Kier alpha value is -3.87. The van der Waals surface area contributed by atoms with Gasteiger partial charge in [0.15, 0.2) is 0 Å². The van der Waals surface area contributed by atoms with Gasteiger partial charge in [0.25, 0.3) is 5.69 Å². The molecule has 0 aliphatic heterocycles. The topological polar surface area (TPSA) is 150 Å². The van der Waals surface area contributed by atoms with E-state index in [2.05, 4.69) is 19.7 Å². The Balaban J connectivity index is 2.90. The van der Waals surface area contributed by atoms with Gasteiger partial charge in [-0.1, -0.05) is 19.7 Å². The summed E-state index contributed by atoms with van der Waals surface area (Å²) in [5.74, 6) is -1.80. The van der Waals surface area contributed by atoms with Gasteiger partial charge in [0.2, 0.25) is 0 Å². The molecule has 0 fully saturated rings. The lowest BCUT2D eigenvalue weighted by Gasteiger charge is -2.13. The summed E-state index contributed by atoms with van der Waals surface area (Å²) in [6.07, 6.45) is 3.06. The third-order valence-corrected chi connectivity index (χ3v) is 4.21. The van der Waals surface area contributed by atoms with Gasteiger partial charge in [-0.05, 0) is 17.7 Å². The van der Waals surface area contributed by atoms with Crippen LogP contribution in [0.25, 0.3) is 0 Å². The summed E-state index contributed by atoms with van der Waals surface area (Å²) < 4.78 is 30.9. The largest absolute Gasteiger partial charge is 0.460 e. The first kappa shape index (κ1) is 30.2. The van der Waals surface area contributed by atoms with E-state index in [1.54, 1.807) is 12.1 Å². The molecule has 0 heterocycles.